The summed E-state index contributed by atoms with van der Waals surface area (Å²) in [6, 6.07) is 3.89. The molecule has 1 fully saturated rings. The van der Waals surface area contributed by atoms with Crippen LogP contribution in [0.3, 0.4) is 0 Å². The number of esters is 1. The number of ether oxygens (including phenoxy) is 8. The van der Waals surface area contributed by atoms with E-state index in [0.29, 0.717) is 105 Å². The molecule has 3 rings (SSSR count). The number of imide groups is 2. The minimum atomic E-state index is -1.01. The molecule has 0 saturated carbocycles. The maximum atomic E-state index is 13.1. The first kappa shape index (κ1) is 38.7. The molecule has 2 N–H and O–H groups in total. The van der Waals surface area contributed by atoms with E-state index in [1.165, 1.54) is 0 Å². The van der Waals surface area contributed by atoms with Gasteiger partial charge in [0, 0.05) is 24.7 Å². The molecule has 2 heterocycles. The second-order valence-electron chi connectivity index (χ2n) is 10.3. The highest BCUT2D eigenvalue weighted by Crippen LogP contribution is 2.32. The minimum Gasteiger partial charge on any atom is -0.460 e. The zero-order valence-electron chi connectivity index (χ0n) is 27.1. The Balaban J connectivity index is 1.09. The molecular formula is C32H45N3O13. The van der Waals surface area contributed by atoms with Crippen molar-refractivity contribution >= 4 is 35.3 Å². The van der Waals surface area contributed by atoms with Crippen molar-refractivity contribution in [3.8, 4) is 0 Å². The Labute approximate surface area is 279 Å². The molecule has 1 unspecified atom stereocenters. The van der Waals surface area contributed by atoms with Gasteiger partial charge in [-0.25, -0.2) is 4.79 Å². The van der Waals surface area contributed by atoms with Gasteiger partial charge in [-0.15, -0.1) is 0 Å². The lowest BCUT2D eigenvalue weighted by Crippen LogP contribution is -2.54. The van der Waals surface area contributed by atoms with E-state index in [0.717, 1.165) is 11.0 Å². The van der Waals surface area contributed by atoms with Gasteiger partial charge in [-0.1, -0.05) is 12.6 Å². The van der Waals surface area contributed by atoms with Crippen molar-refractivity contribution in [2.75, 3.05) is 111 Å². The molecule has 0 bridgehead atoms. The Morgan fingerprint density at radius 2 is 1.25 bits per heavy atom. The first-order chi connectivity index (χ1) is 23.4. The fourth-order valence-electron chi connectivity index (χ4n) is 4.60. The zero-order valence-corrected chi connectivity index (χ0v) is 27.1. The Morgan fingerprint density at radius 1 is 0.750 bits per heavy atom. The van der Waals surface area contributed by atoms with E-state index in [4.69, 9.17) is 37.9 Å². The average Bonchev–Trinajstić information content (AvgIpc) is 3.34. The Bertz CT molecular complexity index is 1210. The quantitative estimate of drug-likeness (QED) is 0.0561. The van der Waals surface area contributed by atoms with Crippen molar-refractivity contribution in [3.63, 3.8) is 0 Å². The standard InChI is InChI=1S/C32H45N3O13/c1-2-28(37)48-23-22-47-21-20-46-19-18-45-17-16-44-15-14-43-13-12-42-11-10-41-9-8-33-25-5-3-4-24-29(25)32(40)35(31(24)39)26-6-7-27(36)34-30(26)38/h2-5,26,33H,1,6-23H2,(H,34,36,38). The normalized spacial score (nSPS) is 15.8. The summed E-state index contributed by atoms with van der Waals surface area (Å²) >= 11 is 0. The van der Waals surface area contributed by atoms with Crippen LogP contribution >= 0.6 is 0 Å². The number of carbonyl (C=O) groups is 5. The maximum absolute atomic E-state index is 13.1. The predicted molar refractivity (Wildman–Crippen MR) is 168 cm³/mol. The molecular weight excluding hydrogens is 634 g/mol. The van der Waals surface area contributed by atoms with Crippen LogP contribution in [0.15, 0.2) is 30.9 Å². The highest BCUT2D eigenvalue weighted by Gasteiger charge is 2.45. The molecule has 4 amide bonds. The second kappa shape index (κ2) is 22.7. The molecule has 1 saturated heterocycles. The molecule has 266 valence electrons. The number of nitrogens with one attached hydrogen (secondary N) is 2. The van der Waals surface area contributed by atoms with Gasteiger partial charge in [0.15, 0.2) is 0 Å². The van der Waals surface area contributed by atoms with Crippen LogP contribution in [0.1, 0.15) is 33.6 Å². The van der Waals surface area contributed by atoms with Crippen molar-refractivity contribution in [2.24, 2.45) is 0 Å². The largest absolute Gasteiger partial charge is 0.460 e. The van der Waals surface area contributed by atoms with Crippen LogP contribution in [-0.2, 0) is 52.3 Å². The Kier molecular flexibility index (Phi) is 18.3. The van der Waals surface area contributed by atoms with Gasteiger partial charge in [0.25, 0.3) is 11.8 Å². The van der Waals surface area contributed by atoms with Crippen LogP contribution < -0.4 is 10.6 Å². The van der Waals surface area contributed by atoms with Crippen LogP contribution in [-0.4, -0.2) is 146 Å². The van der Waals surface area contributed by atoms with Gasteiger partial charge in [0.05, 0.1) is 104 Å². The predicted octanol–water partition coefficient (Wildman–Crippen LogP) is 0.345. The molecule has 16 nitrogen and oxygen atoms in total. The second-order valence-corrected chi connectivity index (χ2v) is 10.3. The van der Waals surface area contributed by atoms with Gasteiger partial charge in [-0.05, 0) is 18.6 Å². The van der Waals surface area contributed by atoms with Gasteiger partial charge in [-0.3, -0.25) is 29.4 Å². The molecule has 2 aliphatic heterocycles. The summed E-state index contributed by atoms with van der Waals surface area (Å²) in [6.45, 7) is 9.56. The van der Waals surface area contributed by atoms with E-state index >= 15 is 0 Å². The molecule has 1 aromatic rings. The summed E-state index contributed by atoms with van der Waals surface area (Å²) in [6.07, 6.45) is 1.27. The van der Waals surface area contributed by atoms with Gasteiger partial charge < -0.3 is 43.2 Å². The zero-order chi connectivity index (χ0) is 34.4. The van der Waals surface area contributed by atoms with Gasteiger partial charge >= 0.3 is 5.97 Å². The molecule has 1 aromatic carbocycles. The molecule has 1 atom stereocenters. The maximum Gasteiger partial charge on any atom is 0.330 e. The van der Waals surface area contributed by atoms with E-state index in [2.05, 4.69) is 17.2 Å². The van der Waals surface area contributed by atoms with Crippen LogP contribution in [0.25, 0.3) is 0 Å². The highest BCUT2D eigenvalue weighted by atomic mass is 16.6. The molecule has 48 heavy (non-hydrogen) atoms. The molecule has 16 heteroatoms. The fourth-order valence-corrected chi connectivity index (χ4v) is 4.60. The first-order valence-electron chi connectivity index (χ1n) is 15.9. The number of piperidine rings is 1. The SMILES string of the molecule is C=CC(=O)OCCOCCOCCOCCOCCOCCOCCOCCNc1cccc2c1C(=O)N(C1CCC(=O)NC1=O)C2=O. The van der Waals surface area contributed by atoms with Gasteiger partial charge in [0.2, 0.25) is 11.8 Å². The molecule has 0 spiro atoms. The van der Waals surface area contributed by atoms with Crippen molar-refractivity contribution in [3.05, 3.63) is 42.0 Å². The van der Waals surface area contributed by atoms with Crippen LogP contribution in [0.4, 0.5) is 5.69 Å². The summed E-state index contributed by atoms with van der Waals surface area (Å²) in [7, 11) is 0. The molecule has 2 aliphatic rings. The number of amides is 4. The third-order valence-corrected chi connectivity index (χ3v) is 6.90. The fraction of sp³-hybridized carbons (Fsp3) is 0.594. The third kappa shape index (κ3) is 13.4. The van der Waals surface area contributed by atoms with Crippen LogP contribution in [0.5, 0.6) is 0 Å². The monoisotopic (exact) mass is 679 g/mol. The Morgan fingerprint density at radius 3 is 1.75 bits per heavy atom. The number of carbonyl (C=O) groups excluding carboxylic acids is 5. The van der Waals surface area contributed by atoms with Crippen LogP contribution in [0.2, 0.25) is 0 Å². The molecule has 0 radical (unpaired) electrons. The number of nitrogens with zero attached hydrogens (tertiary/aromatic N) is 1. The molecule has 0 aromatic heterocycles. The first-order valence-corrected chi connectivity index (χ1v) is 15.9. The van der Waals surface area contributed by atoms with E-state index in [1.54, 1.807) is 18.2 Å². The molecule has 0 aliphatic carbocycles. The summed E-state index contributed by atoms with van der Waals surface area (Å²) in [5.74, 6) is -2.65. The van der Waals surface area contributed by atoms with E-state index in [9.17, 15) is 24.0 Å². The van der Waals surface area contributed by atoms with Crippen LogP contribution in [0, 0.1) is 0 Å². The lowest BCUT2D eigenvalue weighted by atomic mass is 10.0. The minimum absolute atomic E-state index is 0.0637. The summed E-state index contributed by atoms with van der Waals surface area (Å²) in [4.78, 5) is 61.6. The number of hydrogen-bond donors (Lipinski definition) is 2. The number of rotatable bonds is 27. The summed E-state index contributed by atoms with van der Waals surface area (Å²) in [5.41, 5.74) is 0.896. The van der Waals surface area contributed by atoms with E-state index in [1.807, 2.05) is 0 Å². The average molecular weight is 680 g/mol. The van der Waals surface area contributed by atoms with Crippen molar-refractivity contribution in [1.29, 1.82) is 0 Å². The lowest BCUT2D eigenvalue weighted by molar-refractivity contribution is -0.139. The van der Waals surface area contributed by atoms with Gasteiger partial charge in [-0.2, -0.15) is 0 Å². The number of hydrogen-bond acceptors (Lipinski definition) is 14. The highest BCUT2D eigenvalue weighted by molar-refractivity contribution is 6.25. The lowest BCUT2D eigenvalue weighted by Gasteiger charge is -2.27. The van der Waals surface area contributed by atoms with E-state index in [-0.39, 0.29) is 30.6 Å². The van der Waals surface area contributed by atoms with Crippen molar-refractivity contribution < 1.29 is 61.9 Å². The summed E-state index contributed by atoms with van der Waals surface area (Å²) in [5, 5.41) is 5.31. The smallest absolute Gasteiger partial charge is 0.330 e. The number of benzene rings is 1. The van der Waals surface area contributed by atoms with Crippen molar-refractivity contribution in [1.82, 2.24) is 10.2 Å². The third-order valence-electron chi connectivity index (χ3n) is 6.90. The number of anilines is 1. The van der Waals surface area contributed by atoms with E-state index < -0.39 is 35.6 Å². The van der Waals surface area contributed by atoms with Gasteiger partial charge in [0.1, 0.15) is 12.6 Å². The Hall–Kier alpha value is -3.77. The van der Waals surface area contributed by atoms with Crippen molar-refractivity contribution in [2.45, 2.75) is 18.9 Å². The number of fused-ring (bicyclic) bond motifs is 1. The topological polar surface area (TPSA) is 186 Å². The summed E-state index contributed by atoms with van der Waals surface area (Å²) < 4.78 is 42.8.